The average molecular weight is 440 g/mol. The summed E-state index contributed by atoms with van der Waals surface area (Å²) in [5.74, 6) is -0.685. The van der Waals surface area contributed by atoms with Crippen molar-refractivity contribution in [3.8, 4) is 0 Å². The van der Waals surface area contributed by atoms with E-state index in [2.05, 4.69) is 16.0 Å². The third-order valence-corrected chi connectivity index (χ3v) is 7.13. The molecule has 170 valence electrons. The van der Waals surface area contributed by atoms with E-state index in [4.69, 9.17) is 0 Å². The van der Waals surface area contributed by atoms with Crippen LogP contribution in [0.2, 0.25) is 0 Å². The molecular formula is C23H29N5O4. The predicted molar refractivity (Wildman–Crippen MR) is 115 cm³/mol. The standard InChI is InChI=1S/C23H29N5O4/c29-20-4-3-19(21(30)26-20)28-13-15-2-1-14(11-17(15)22(28)31)12-25-18-7-10-27(23(18)32)16-5-8-24-9-6-16/h1-2,11,16,18-19,24-25H,3-10,12-13H2,(H,26,29,30). The molecule has 0 spiro atoms. The van der Waals surface area contributed by atoms with Gasteiger partial charge in [0.25, 0.3) is 5.91 Å². The van der Waals surface area contributed by atoms with Crippen molar-refractivity contribution in [2.75, 3.05) is 19.6 Å². The van der Waals surface area contributed by atoms with Crippen LogP contribution in [0.3, 0.4) is 0 Å². The Labute approximate surface area is 186 Å². The smallest absolute Gasteiger partial charge is 0.255 e. The van der Waals surface area contributed by atoms with Gasteiger partial charge in [0.15, 0.2) is 0 Å². The molecule has 0 aromatic heterocycles. The molecule has 3 saturated heterocycles. The first-order valence-corrected chi connectivity index (χ1v) is 11.5. The van der Waals surface area contributed by atoms with Gasteiger partial charge in [0.05, 0.1) is 6.04 Å². The molecule has 1 aromatic carbocycles. The molecule has 0 radical (unpaired) electrons. The van der Waals surface area contributed by atoms with Gasteiger partial charge in [-0.25, -0.2) is 0 Å². The predicted octanol–water partition coefficient (Wildman–Crippen LogP) is -0.110. The number of imide groups is 1. The van der Waals surface area contributed by atoms with Crippen LogP contribution in [0.4, 0.5) is 0 Å². The minimum Gasteiger partial charge on any atom is -0.338 e. The van der Waals surface area contributed by atoms with E-state index >= 15 is 0 Å². The highest BCUT2D eigenvalue weighted by atomic mass is 16.2. The summed E-state index contributed by atoms with van der Waals surface area (Å²) < 4.78 is 0. The fourth-order valence-electron chi connectivity index (χ4n) is 5.33. The van der Waals surface area contributed by atoms with Gasteiger partial charge in [-0.15, -0.1) is 0 Å². The normalized spacial score (nSPS) is 26.6. The second kappa shape index (κ2) is 8.63. The summed E-state index contributed by atoms with van der Waals surface area (Å²) in [5.41, 5.74) is 2.43. The van der Waals surface area contributed by atoms with Crippen molar-refractivity contribution < 1.29 is 19.2 Å². The van der Waals surface area contributed by atoms with Crippen molar-refractivity contribution in [1.82, 2.24) is 25.8 Å². The molecule has 32 heavy (non-hydrogen) atoms. The van der Waals surface area contributed by atoms with Gasteiger partial charge >= 0.3 is 0 Å². The summed E-state index contributed by atoms with van der Waals surface area (Å²) >= 11 is 0. The molecule has 0 bridgehead atoms. The second-order valence-electron chi connectivity index (χ2n) is 9.13. The number of likely N-dealkylation sites (tertiary alicyclic amines) is 1. The monoisotopic (exact) mass is 439 g/mol. The molecule has 2 atom stereocenters. The van der Waals surface area contributed by atoms with Crippen LogP contribution in [-0.4, -0.2) is 71.2 Å². The van der Waals surface area contributed by atoms with E-state index in [1.807, 2.05) is 23.1 Å². The second-order valence-corrected chi connectivity index (χ2v) is 9.13. The molecule has 4 aliphatic heterocycles. The Hall–Kier alpha value is -2.78. The van der Waals surface area contributed by atoms with Crippen molar-refractivity contribution in [3.63, 3.8) is 0 Å². The molecule has 9 heteroatoms. The van der Waals surface area contributed by atoms with Crippen LogP contribution in [-0.2, 0) is 27.5 Å². The van der Waals surface area contributed by atoms with Gasteiger partial charge in [-0.3, -0.25) is 24.5 Å². The van der Waals surface area contributed by atoms with Crippen LogP contribution in [0, 0.1) is 0 Å². The van der Waals surface area contributed by atoms with E-state index in [1.165, 1.54) is 0 Å². The number of hydrogen-bond acceptors (Lipinski definition) is 6. The van der Waals surface area contributed by atoms with Gasteiger partial charge < -0.3 is 20.4 Å². The number of fused-ring (bicyclic) bond motifs is 1. The summed E-state index contributed by atoms with van der Waals surface area (Å²) in [6.45, 7) is 3.61. The zero-order chi connectivity index (χ0) is 22.2. The highest BCUT2D eigenvalue weighted by Gasteiger charge is 2.39. The highest BCUT2D eigenvalue weighted by Crippen LogP contribution is 2.28. The van der Waals surface area contributed by atoms with Crippen molar-refractivity contribution in [2.24, 2.45) is 0 Å². The SMILES string of the molecule is O=C1CCC(N2Cc3ccc(CNC4CCN(C5CCNCC5)C4=O)cc3C2=O)C(=O)N1. The fourth-order valence-corrected chi connectivity index (χ4v) is 5.33. The molecule has 4 amide bonds. The first kappa shape index (κ1) is 21.1. The maximum atomic E-state index is 13.0. The number of nitrogens with zero attached hydrogens (tertiary/aromatic N) is 2. The van der Waals surface area contributed by atoms with E-state index in [0.29, 0.717) is 31.1 Å². The van der Waals surface area contributed by atoms with Crippen LogP contribution >= 0.6 is 0 Å². The first-order chi connectivity index (χ1) is 15.5. The Balaban J connectivity index is 1.20. The van der Waals surface area contributed by atoms with Gasteiger partial charge in [0.1, 0.15) is 6.04 Å². The Kier molecular flexibility index (Phi) is 5.69. The molecule has 1 aromatic rings. The summed E-state index contributed by atoms with van der Waals surface area (Å²) in [6, 6.07) is 5.30. The first-order valence-electron chi connectivity index (χ1n) is 11.5. The molecule has 5 rings (SSSR count). The third-order valence-electron chi connectivity index (χ3n) is 7.13. The van der Waals surface area contributed by atoms with Gasteiger partial charge in [-0.1, -0.05) is 12.1 Å². The number of nitrogens with one attached hydrogen (secondary N) is 3. The van der Waals surface area contributed by atoms with E-state index in [9.17, 15) is 19.2 Å². The molecule has 4 heterocycles. The number of carbonyl (C=O) groups is 4. The Bertz CT molecular complexity index is 958. The Morgan fingerprint density at radius 2 is 1.81 bits per heavy atom. The number of piperidine rings is 2. The molecule has 0 saturated carbocycles. The molecule has 4 aliphatic rings. The number of rotatable bonds is 5. The zero-order valence-corrected chi connectivity index (χ0v) is 18.1. The number of carbonyl (C=O) groups excluding carboxylic acids is 4. The summed E-state index contributed by atoms with van der Waals surface area (Å²) in [7, 11) is 0. The van der Waals surface area contributed by atoms with Crippen molar-refractivity contribution >= 4 is 23.6 Å². The van der Waals surface area contributed by atoms with Gasteiger partial charge in [0.2, 0.25) is 17.7 Å². The summed E-state index contributed by atoms with van der Waals surface area (Å²) in [4.78, 5) is 53.0. The number of benzene rings is 1. The molecule has 2 unspecified atom stereocenters. The minimum absolute atomic E-state index is 0.176. The lowest BCUT2D eigenvalue weighted by molar-refractivity contribution is -0.137. The summed E-state index contributed by atoms with van der Waals surface area (Å²) in [5, 5.41) is 9.04. The topological polar surface area (TPSA) is 111 Å². The third kappa shape index (κ3) is 3.91. The quantitative estimate of drug-likeness (QED) is 0.552. The zero-order valence-electron chi connectivity index (χ0n) is 18.1. The van der Waals surface area contributed by atoms with Crippen molar-refractivity contribution in [2.45, 2.75) is 63.3 Å². The minimum atomic E-state index is -0.605. The van der Waals surface area contributed by atoms with Crippen LogP contribution < -0.4 is 16.0 Å². The van der Waals surface area contributed by atoms with Crippen LogP contribution in [0.25, 0.3) is 0 Å². The number of amides is 4. The highest BCUT2D eigenvalue weighted by molar-refractivity contribution is 6.05. The Morgan fingerprint density at radius 1 is 1.00 bits per heavy atom. The average Bonchev–Trinajstić information content (AvgIpc) is 3.32. The van der Waals surface area contributed by atoms with E-state index in [1.54, 1.807) is 4.90 Å². The fraction of sp³-hybridized carbons (Fsp3) is 0.565. The summed E-state index contributed by atoms with van der Waals surface area (Å²) in [6.07, 6.45) is 3.42. The van der Waals surface area contributed by atoms with Gasteiger partial charge in [-0.05, 0) is 56.0 Å². The van der Waals surface area contributed by atoms with Gasteiger partial charge in [-0.2, -0.15) is 0 Å². The molecule has 0 aliphatic carbocycles. The van der Waals surface area contributed by atoms with Gasteiger partial charge in [0, 0.05) is 37.7 Å². The van der Waals surface area contributed by atoms with Crippen LogP contribution in [0.15, 0.2) is 18.2 Å². The lowest BCUT2D eigenvalue weighted by Crippen LogP contribution is -2.52. The Morgan fingerprint density at radius 3 is 2.59 bits per heavy atom. The van der Waals surface area contributed by atoms with E-state index in [-0.39, 0.29) is 30.2 Å². The molecule has 3 fully saturated rings. The van der Waals surface area contributed by atoms with Crippen molar-refractivity contribution in [1.29, 1.82) is 0 Å². The molecule has 3 N–H and O–H groups in total. The molecule has 9 nitrogen and oxygen atoms in total. The van der Waals surface area contributed by atoms with Crippen molar-refractivity contribution in [3.05, 3.63) is 34.9 Å². The lowest BCUT2D eigenvalue weighted by Gasteiger charge is -2.31. The lowest BCUT2D eigenvalue weighted by atomic mass is 10.0. The van der Waals surface area contributed by atoms with E-state index in [0.717, 1.165) is 50.0 Å². The maximum absolute atomic E-state index is 13.0. The maximum Gasteiger partial charge on any atom is 0.255 e. The largest absolute Gasteiger partial charge is 0.338 e. The van der Waals surface area contributed by atoms with E-state index < -0.39 is 11.9 Å². The van der Waals surface area contributed by atoms with Crippen LogP contribution in [0.1, 0.15) is 53.6 Å². The molecular weight excluding hydrogens is 410 g/mol. The van der Waals surface area contributed by atoms with Crippen LogP contribution in [0.5, 0.6) is 0 Å². The number of hydrogen-bond donors (Lipinski definition) is 3.